The Labute approximate surface area is 167 Å². The van der Waals surface area contributed by atoms with Crippen molar-refractivity contribution in [3.8, 4) is 0 Å². The van der Waals surface area contributed by atoms with E-state index < -0.39 is 20.0 Å². The molecule has 0 unspecified atom stereocenters. The fourth-order valence-corrected chi connectivity index (χ4v) is 6.03. The van der Waals surface area contributed by atoms with Crippen LogP contribution in [-0.2, 0) is 20.0 Å². The van der Waals surface area contributed by atoms with Gasteiger partial charge in [0.2, 0.25) is 20.0 Å². The lowest BCUT2D eigenvalue weighted by Gasteiger charge is -2.30. The number of piperidine rings is 1. The molecule has 0 spiro atoms. The van der Waals surface area contributed by atoms with Gasteiger partial charge < -0.3 is 5.32 Å². The van der Waals surface area contributed by atoms with Gasteiger partial charge in [-0.05, 0) is 55.9 Å². The molecule has 1 N–H and O–H groups in total. The summed E-state index contributed by atoms with van der Waals surface area (Å²) in [5.41, 5.74) is 0.411. The molecule has 2 fully saturated rings. The van der Waals surface area contributed by atoms with Gasteiger partial charge in [0.1, 0.15) is 0 Å². The van der Waals surface area contributed by atoms with E-state index in [9.17, 15) is 21.6 Å². The average Bonchev–Trinajstić information content (AvgIpc) is 3.21. The number of nitrogens with one attached hydrogen (secondary N) is 1. The van der Waals surface area contributed by atoms with Gasteiger partial charge in [0.25, 0.3) is 5.91 Å². The van der Waals surface area contributed by atoms with Crippen LogP contribution in [0.15, 0.2) is 29.2 Å². The van der Waals surface area contributed by atoms with Gasteiger partial charge in [-0.1, -0.05) is 0 Å². The molecule has 0 bridgehead atoms. The van der Waals surface area contributed by atoms with Crippen molar-refractivity contribution in [1.29, 1.82) is 0 Å². The lowest BCUT2D eigenvalue weighted by atomic mass is 9.98. The molecular weight excluding hydrogens is 402 g/mol. The van der Waals surface area contributed by atoms with Crippen LogP contribution < -0.4 is 5.32 Å². The van der Waals surface area contributed by atoms with Crippen LogP contribution in [-0.4, -0.2) is 70.3 Å². The summed E-state index contributed by atoms with van der Waals surface area (Å²) in [7, 11) is -6.63. The number of nitrogens with zero attached hydrogens (tertiary/aromatic N) is 2. The molecule has 1 aromatic rings. The molecule has 28 heavy (non-hydrogen) atoms. The van der Waals surface area contributed by atoms with Gasteiger partial charge in [-0.25, -0.2) is 21.1 Å². The van der Waals surface area contributed by atoms with Gasteiger partial charge in [-0.2, -0.15) is 4.31 Å². The van der Waals surface area contributed by atoms with Crippen LogP contribution in [0.4, 0.5) is 0 Å². The maximum atomic E-state index is 12.5. The van der Waals surface area contributed by atoms with Crippen molar-refractivity contribution >= 4 is 26.0 Å². The third-order valence-electron chi connectivity index (χ3n) is 5.41. The van der Waals surface area contributed by atoms with Crippen LogP contribution in [0, 0.1) is 5.92 Å². The fraction of sp³-hybridized carbons (Fsp3) is 0.611. The van der Waals surface area contributed by atoms with Crippen molar-refractivity contribution in [3.05, 3.63) is 29.8 Å². The van der Waals surface area contributed by atoms with Gasteiger partial charge in [-0.15, -0.1) is 0 Å². The first kappa shape index (κ1) is 21.2. The zero-order valence-electron chi connectivity index (χ0n) is 16.0. The second-order valence-corrected chi connectivity index (χ2v) is 11.4. The van der Waals surface area contributed by atoms with Crippen molar-refractivity contribution in [2.45, 2.75) is 30.6 Å². The number of carbonyl (C=O) groups excluding carboxylic acids is 1. The van der Waals surface area contributed by atoms with Gasteiger partial charge in [0.05, 0.1) is 11.2 Å². The Hall–Kier alpha value is -1.49. The zero-order chi connectivity index (χ0) is 20.4. The van der Waals surface area contributed by atoms with Crippen molar-refractivity contribution < 1.29 is 21.6 Å². The molecule has 156 valence electrons. The largest absolute Gasteiger partial charge is 0.352 e. The van der Waals surface area contributed by atoms with Gasteiger partial charge in [0, 0.05) is 38.3 Å². The molecule has 2 aliphatic heterocycles. The first-order valence-corrected chi connectivity index (χ1v) is 12.8. The van der Waals surface area contributed by atoms with E-state index >= 15 is 0 Å². The third kappa shape index (κ3) is 4.91. The maximum absolute atomic E-state index is 12.5. The summed E-state index contributed by atoms with van der Waals surface area (Å²) in [6.45, 7) is 2.51. The second-order valence-electron chi connectivity index (χ2n) is 7.45. The number of benzene rings is 1. The molecule has 8 nitrogen and oxygen atoms in total. The molecule has 10 heteroatoms. The van der Waals surface area contributed by atoms with Crippen LogP contribution in [0.2, 0.25) is 0 Å². The monoisotopic (exact) mass is 429 g/mol. The van der Waals surface area contributed by atoms with Crippen LogP contribution in [0.5, 0.6) is 0 Å². The van der Waals surface area contributed by atoms with E-state index in [0.29, 0.717) is 51.1 Å². The Kier molecular flexibility index (Phi) is 6.43. The Balaban J connectivity index is 1.53. The Bertz CT molecular complexity index is 899. The van der Waals surface area contributed by atoms with E-state index in [1.807, 2.05) is 0 Å². The van der Waals surface area contributed by atoms with E-state index in [-0.39, 0.29) is 16.7 Å². The van der Waals surface area contributed by atoms with Crippen LogP contribution in [0.25, 0.3) is 0 Å². The quantitative estimate of drug-likeness (QED) is 0.723. The van der Waals surface area contributed by atoms with E-state index in [4.69, 9.17) is 0 Å². The SMILES string of the molecule is CS(=O)(=O)N1CCC(CNC(=O)c2ccc(S(=O)(=O)N3CCCC3)cc2)CC1. The van der Waals surface area contributed by atoms with Crippen molar-refractivity contribution in [2.24, 2.45) is 5.92 Å². The highest BCUT2D eigenvalue weighted by atomic mass is 32.2. The van der Waals surface area contributed by atoms with Crippen LogP contribution >= 0.6 is 0 Å². The second kappa shape index (κ2) is 8.48. The molecule has 2 aliphatic rings. The number of amides is 1. The minimum Gasteiger partial charge on any atom is -0.352 e. The van der Waals surface area contributed by atoms with Gasteiger partial charge in [0.15, 0.2) is 0 Å². The predicted octanol–water partition coefficient (Wildman–Crippen LogP) is 0.873. The minimum absolute atomic E-state index is 0.207. The molecule has 0 radical (unpaired) electrons. The molecule has 0 aliphatic carbocycles. The number of sulfonamides is 2. The summed E-state index contributed by atoms with van der Waals surface area (Å²) in [5, 5.41) is 2.87. The highest BCUT2D eigenvalue weighted by Gasteiger charge is 2.27. The number of hydrogen-bond acceptors (Lipinski definition) is 5. The van der Waals surface area contributed by atoms with E-state index in [1.165, 1.54) is 39.1 Å². The van der Waals surface area contributed by atoms with E-state index in [2.05, 4.69) is 5.32 Å². The smallest absolute Gasteiger partial charge is 0.251 e. The average molecular weight is 430 g/mol. The van der Waals surface area contributed by atoms with Gasteiger partial charge in [-0.3, -0.25) is 4.79 Å². The van der Waals surface area contributed by atoms with Crippen LogP contribution in [0.1, 0.15) is 36.0 Å². The Morgan fingerprint density at radius 1 is 0.964 bits per heavy atom. The summed E-state index contributed by atoms with van der Waals surface area (Å²) in [6.07, 6.45) is 4.38. The zero-order valence-corrected chi connectivity index (χ0v) is 17.6. The molecule has 1 amide bonds. The molecular formula is C18H27N3O5S2. The van der Waals surface area contributed by atoms with Crippen molar-refractivity contribution in [1.82, 2.24) is 13.9 Å². The van der Waals surface area contributed by atoms with Crippen molar-refractivity contribution in [2.75, 3.05) is 39.0 Å². The predicted molar refractivity (Wildman–Crippen MR) is 106 cm³/mol. The molecule has 0 aromatic heterocycles. The van der Waals surface area contributed by atoms with Crippen LogP contribution in [0.3, 0.4) is 0 Å². The molecule has 1 aromatic carbocycles. The molecule has 0 atom stereocenters. The molecule has 2 saturated heterocycles. The first-order valence-electron chi connectivity index (χ1n) is 9.51. The topological polar surface area (TPSA) is 104 Å². The summed E-state index contributed by atoms with van der Waals surface area (Å²) in [4.78, 5) is 12.6. The van der Waals surface area contributed by atoms with Gasteiger partial charge >= 0.3 is 0 Å². The highest BCUT2D eigenvalue weighted by Crippen LogP contribution is 2.21. The standard InChI is InChI=1S/C18H27N3O5S2/c1-27(23,24)20-12-8-15(9-13-20)14-19-18(22)16-4-6-17(7-5-16)28(25,26)21-10-2-3-11-21/h4-7,15H,2-3,8-14H2,1H3,(H,19,22). The summed E-state index contributed by atoms with van der Waals surface area (Å²) < 4.78 is 51.1. The summed E-state index contributed by atoms with van der Waals surface area (Å²) >= 11 is 0. The maximum Gasteiger partial charge on any atom is 0.251 e. The lowest BCUT2D eigenvalue weighted by molar-refractivity contribution is 0.0941. The number of carbonyl (C=O) groups is 1. The molecule has 2 heterocycles. The number of rotatable bonds is 6. The normalized spacial score (nSPS) is 20.3. The molecule has 0 saturated carbocycles. The van der Waals surface area contributed by atoms with Crippen molar-refractivity contribution in [3.63, 3.8) is 0 Å². The fourth-order valence-electron chi connectivity index (χ4n) is 3.64. The number of hydrogen-bond donors (Lipinski definition) is 1. The summed E-state index contributed by atoms with van der Waals surface area (Å²) in [5.74, 6) is -0.0209. The van der Waals surface area contributed by atoms with E-state index in [0.717, 1.165) is 12.8 Å². The van der Waals surface area contributed by atoms with E-state index in [1.54, 1.807) is 0 Å². The Morgan fingerprint density at radius 2 is 1.54 bits per heavy atom. The third-order valence-corrected chi connectivity index (χ3v) is 8.63. The lowest BCUT2D eigenvalue weighted by Crippen LogP contribution is -2.41. The minimum atomic E-state index is -3.48. The highest BCUT2D eigenvalue weighted by molar-refractivity contribution is 7.89. The first-order chi connectivity index (χ1) is 13.2. The molecule has 3 rings (SSSR count). The summed E-state index contributed by atoms with van der Waals surface area (Å²) in [6, 6.07) is 6.02. The Morgan fingerprint density at radius 3 is 2.07 bits per heavy atom.